The van der Waals surface area contributed by atoms with Gasteiger partial charge >= 0.3 is 0 Å². The molecule has 0 aliphatic carbocycles. The summed E-state index contributed by atoms with van der Waals surface area (Å²) in [6, 6.07) is 6.31. The molecule has 0 radical (unpaired) electrons. The molecule has 0 saturated carbocycles. The van der Waals surface area contributed by atoms with Gasteiger partial charge in [0, 0.05) is 39.1 Å². The number of hydroxylamine groups is 1. The van der Waals surface area contributed by atoms with Crippen LogP contribution in [0.4, 0.5) is 0 Å². The first-order valence-corrected chi connectivity index (χ1v) is 9.33. The van der Waals surface area contributed by atoms with Gasteiger partial charge in [-0.1, -0.05) is 12.1 Å². The maximum absolute atomic E-state index is 12.4. The number of likely N-dealkylation sites (tertiary alicyclic amines) is 1. The Labute approximate surface area is 163 Å². The van der Waals surface area contributed by atoms with E-state index in [-0.39, 0.29) is 17.7 Å². The fraction of sp³-hybridized carbons (Fsp3) is 0.450. The van der Waals surface area contributed by atoms with Crippen molar-refractivity contribution in [2.75, 3.05) is 33.4 Å². The zero-order chi connectivity index (χ0) is 19.5. The molecule has 3 heterocycles. The highest BCUT2D eigenvalue weighted by molar-refractivity contribution is 5.85. The van der Waals surface area contributed by atoms with Crippen LogP contribution in [0.25, 0.3) is 0 Å². The van der Waals surface area contributed by atoms with Crippen molar-refractivity contribution in [1.29, 1.82) is 0 Å². The van der Waals surface area contributed by atoms with Gasteiger partial charge in [0.25, 0.3) is 0 Å². The summed E-state index contributed by atoms with van der Waals surface area (Å²) in [7, 11) is 1.59. The van der Waals surface area contributed by atoms with Crippen molar-refractivity contribution in [3.63, 3.8) is 0 Å². The van der Waals surface area contributed by atoms with Gasteiger partial charge in [-0.25, -0.2) is 15.5 Å². The largest absolute Gasteiger partial charge is 0.493 e. The first kappa shape index (κ1) is 18.6. The van der Waals surface area contributed by atoms with Crippen LogP contribution in [0.15, 0.2) is 40.1 Å². The molecule has 0 spiro atoms. The molecule has 1 aromatic rings. The molecule has 1 fully saturated rings. The van der Waals surface area contributed by atoms with Gasteiger partial charge in [-0.05, 0) is 23.9 Å². The Morgan fingerprint density at radius 2 is 2.36 bits per heavy atom. The van der Waals surface area contributed by atoms with E-state index in [1.54, 1.807) is 13.4 Å². The normalized spacial score (nSPS) is 23.8. The third-order valence-corrected chi connectivity index (χ3v) is 5.31. The quantitative estimate of drug-likeness (QED) is 0.745. The second kappa shape index (κ2) is 8.12. The van der Waals surface area contributed by atoms with Crippen molar-refractivity contribution < 1.29 is 19.1 Å². The lowest BCUT2D eigenvalue weighted by molar-refractivity contribution is -0.121. The first-order chi connectivity index (χ1) is 13.7. The second-order valence-electron chi connectivity index (χ2n) is 7.20. The average Bonchev–Trinajstić information content (AvgIpc) is 3.34. The van der Waals surface area contributed by atoms with E-state index in [1.165, 1.54) is 11.1 Å². The number of nitrogens with one attached hydrogen (secondary N) is 1. The van der Waals surface area contributed by atoms with Gasteiger partial charge in [0.15, 0.2) is 5.84 Å². The third kappa shape index (κ3) is 3.79. The lowest BCUT2D eigenvalue weighted by atomic mass is 9.92. The molecule has 8 heteroatoms. The minimum atomic E-state index is -0.296. The van der Waals surface area contributed by atoms with Crippen LogP contribution in [0, 0.1) is 11.8 Å². The van der Waals surface area contributed by atoms with Crippen molar-refractivity contribution in [3.8, 4) is 5.75 Å². The molecule has 1 N–H and O–H groups in total. The molecule has 0 aromatic heterocycles. The third-order valence-electron chi connectivity index (χ3n) is 5.31. The maximum atomic E-state index is 12.4. The smallest absolute Gasteiger partial charge is 0.250 e. The number of benzene rings is 1. The lowest BCUT2D eigenvalue weighted by Gasteiger charge is -2.21. The van der Waals surface area contributed by atoms with Crippen LogP contribution in [0.5, 0.6) is 5.75 Å². The monoisotopic (exact) mass is 384 g/mol. The van der Waals surface area contributed by atoms with Crippen LogP contribution in [0.3, 0.4) is 0 Å². The Kier molecular flexibility index (Phi) is 5.40. The van der Waals surface area contributed by atoms with Gasteiger partial charge in [-0.15, -0.1) is 0 Å². The highest BCUT2D eigenvalue weighted by atomic mass is 16.6. The van der Waals surface area contributed by atoms with Gasteiger partial charge < -0.3 is 14.3 Å². The highest BCUT2D eigenvalue weighted by Crippen LogP contribution is 2.34. The number of hydrogen-bond acceptors (Lipinski definition) is 7. The molecular formula is C20H24N4O4. The number of rotatable bonds is 6. The Morgan fingerprint density at radius 3 is 3.18 bits per heavy atom. The summed E-state index contributed by atoms with van der Waals surface area (Å²) in [5.74, 6) is 0.942. The minimum Gasteiger partial charge on any atom is -0.493 e. The number of aliphatic imine (C=N–C) groups is 2. The summed E-state index contributed by atoms with van der Waals surface area (Å²) in [5.41, 5.74) is 5.89. The summed E-state index contributed by atoms with van der Waals surface area (Å²) < 4.78 is 10.7. The van der Waals surface area contributed by atoms with Gasteiger partial charge in [-0.2, -0.15) is 0 Å². The van der Waals surface area contributed by atoms with E-state index in [9.17, 15) is 4.79 Å². The zero-order valence-corrected chi connectivity index (χ0v) is 15.9. The van der Waals surface area contributed by atoms with Gasteiger partial charge in [0.1, 0.15) is 18.6 Å². The number of methoxy groups -OCH3 is 1. The number of carbonyl (C=O) groups excluding carboxylic acids is 1. The fourth-order valence-electron chi connectivity index (χ4n) is 4.01. The van der Waals surface area contributed by atoms with E-state index in [1.807, 2.05) is 6.07 Å². The first-order valence-electron chi connectivity index (χ1n) is 9.33. The molecule has 3 aliphatic rings. The molecule has 1 saturated heterocycles. The minimum absolute atomic E-state index is 0.107. The van der Waals surface area contributed by atoms with Gasteiger partial charge in [0.05, 0.1) is 18.2 Å². The molecule has 28 heavy (non-hydrogen) atoms. The van der Waals surface area contributed by atoms with Crippen molar-refractivity contribution in [2.45, 2.75) is 13.0 Å². The van der Waals surface area contributed by atoms with E-state index in [2.05, 4.69) is 39.2 Å². The number of ether oxygens (including phenoxy) is 2. The number of nitrogens with zero attached hydrogens (tertiary/aromatic N) is 3. The maximum Gasteiger partial charge on any atom is 0.250 e. The zero-order valence-electron chi connectivity index (χ0n) is 15.9. The number of fused-ring (bicyclic) bond motifs is 1. The molecule has 1 amide bonds. The predicted molar refractivity (Wildman–Crippen MR) is 104 cm³/mol. The van der Waals surface area contributed by atoms with Gasteiger partial charge in [-0.3, -0.25) is 9.69 Å². The van der Waals surface area contributed by atoms with Crippen molar-refractivity contribution in [3.05, 3.63) is 41.3 Å². The molecule has 2 unspecified atom stereocenters. The van der Waals surface area contributed by atoms with E-state index in [0.29, 0.717) is 25.5 Å². The number of carbonyl (C=O) groups is 1. The predicted octanol–water partition coefficient (Wildman–Crippen LogP) is 1.32. The summed E-state index contributed by atoms with van der Waals surface area (Å²) >= 11 is 0. The van der Waals surface area contributed by atoms with Crippen molar-refractivity contribution >= 4 is 18.5 Å². The van der Waals surface area contributed by atoms with Crippen LogP contribution < -0.4 is 10.2 Å². The fourth-order valence-corrected chi connectivity index (χ4v) is 4.01. The topological polar surface area (TPSA) is 84.8 Å². The van der Waals surface area contributed by atoms with Gasteiger partial charge in [0.2, 0.25) is 5.91 Å². The molecule has 0 bridgehead atoms. The van der Waals surface area contributed by atoms with E-state index >= 15 is 0 Å². The Morgan fingerprint density at radius 1 is 1.46 bits per heavy atom. The van der Waals surface area contributed by atoms with Crippen LogP contribution in [0.2, 0.25) is 0 Å². The highest BCUT2D eigenvalue weighted by Gasteiger charge is 2.40. The van der Waals surface area contributed by atoms with E-state index in [4.69, 9.17) is 14.3 Å². The van der Waals surface area contributed by atoms with E-state index < -0.39 is 0 Å². The Hall–Kier alpha value is -2.71. The van der Waals surface area contributed by atoms with Crippen LogP contribution >= 0.6 is 0 Å². The molecule has 8 nitrogen and oxygen atoms in total. The van der Waals surface area contributed by atoms with Crippen molar-refractivity contribution in [2.24, 2.45) is 21.8 Å². The van der Waals surface area contributed by atoms with Crippen LogP contribution in [0.1, 0.15) is 11.1 Å². The summed E-state index contributed by atoms with van der Waals surface area (Å²) in [6.45, 7) is 6.54. The number of amides is 1. The van der Waals surface area contributed by atoms with Crippen LogP contribution in [-0.4, -0.2) is 56.8 Å². The summed E-state index contributed by atoms with van der Waals surface area (Å²) in [5, 5.41) is 0. The molecule has 4 rings (SSSR count). The summed E-state index contributed by atoms with van der Waals surface area (Å²) in [4.78, 5) is 28.2. The molecule has 3 aliphatic heterocycles. The average molecular weight is 384 g/mol. The van der Waals surface area contributed by atoms with E-state index in [0.717, 1.165) is 31.0 Å². The number of amidine groups is 1. The lowest BCUT2D eigenvalue weighted by Crippen LogP contribution is -2.31. The Bertz CT molecular complexity index is 835. The summed E-state index contributed by atoms with van der Waals surface area (Å²) in [6.07, 6.45) is 2.50. The SMILES string of the molecule is C=NC(=O)C1CN(Cc2ccc3c(c2)CCO3)CC1C1=CONC(COC)=N1. The molecule has 148 valence electrons. The standard InChI is InChI=1S/C20H24N4O4/c1-21-20(25)16-10-24(8-13-3-4-18-14(7-13)5-6-27-18)9-15(16)17-11-28-23-19(22-17)12-26-2/h3-4,7,11,15-16H,1,5-6,8-10,12H2,2H3,(H,22,23). The van der Waals surface area contributed by atoms with Crippen molar-refractivity contribution in [1.82, 2.24) is 10.4 Å². The van der Waals surface area contributed by atoms with Crippen LogP contribution in [-0.2, 0) is 27.3 Å². The molecule has 2 atom stereocenters. The molecular weight excluding hydrogens is 360 g/mol. The Balaban J connectivity index is 1.51. The second-order valence-corrected chi connectivity index (χ2v) is 7.20. The molecule has 1 aromatic carbocycles. The number of hydrogen-bond donors (Lipinski definition) is 1.